The summed E-state index contributed by atoms with van der Waals surface area (Å²) in [7, 11) is 1.66. The van der Waals surface area contributed by atoms with Crippen LogP contribution in [0.2, 0.25) is 0 Å². The van der Waals surface area contributed by atoms with E-state index in [0.717, 1.165) is 0 Å². The second-order valence-electron chi connectivity index (χ2n) is 4.25. The summed E-state index contributed by atoms with van der Waals surface area (Å²) in [5, 5.41) is 2.10. The van der Waals surface area contributed by atoms with Crippen molar-refractivity contribution < 1.29 is 19.1 Å². The minimum Gasteiger partial charge on any atom is -0.451 e. The zero-order chi connectivity index (χ0) is 16.1. The van der Waals surface area contributed by atoms with Gasteiger partial charge in [-0.1, -0.05) is 0 Å². The number of aryl methyl sites for hydroxylation is 1. The van der Waals surface area contributed by atoms with Crippen LogP contribution in [0.3, 0.4) is 0 Å². The maximum atomic E-state index is 11.8. The Kier molecular flexibility index (Phi) is 4.47. The molecule has 114 valence electrons. The van der Waals surface area contributed by atoms with Crippen LogP contribution in [0, 0.1) is 0 Å². The van der Waals surface area contributed by atoms with Crippen LogP contribution in [-0.2, 0) is 16.6 Å². The molecule has 0 atom stereocenters. The monoisotopic (exact) mass is 303 g/mol. The summed E-state index contributed by atoms with van der Waals surface area (Å²) < 4.78 is 6.28. The molecule has 2 aromatic rings. The second kappa shape index (κ2) is 6.48. The van der Waals surface area contributed by atoms with Crippen molar-refractivity contribution >= 4 is 23.6 Å². The number of nitrogens with zero attached hydrogens (tertiary/aromatic N) is 3. The highest BCUT2D eigenvalue weighted by atomic mass is 16.5. The van der Waals surface area contributed by atoms with Gasteiger partial charge in [-0.05, 0) is 12.1 Å². The Morgan fingerprint density at radius 1 is 1.32 bits per heavy atom. The third kappa shape index (κ3) is 3.45. The number of aromatic nitrogens is 3. The van der Waals surface area contributed by atoms with E-state index in [1.54, 1.807) is 29.9 Å². The van der Waals surface area contributed by atoms with Crippen molar-refractivity contribution in [2.45, 2.75) is 0 Å². The highest BCUT2D eigenvalue weighted by Crippen LogP contribution is 2.04. The largest absolute Gasteiger partial charge is 0.451 e. The van der Waals surface area contributed by atoms with E-state index in [2.05, 4.69) is 15.3 Å². The Morgan fingerprint density at radius 2 is 2.05 bits per heavy atom. The Hall–Kier alpha value is -3.23. The van der Waals surface area contributed by atoms with Gasteiger partial charge in [0.15, 0.2) is 18.1 Å². The molecule has 2 aromatic heterocycles. The van der Waals surface area contributed by atoms with Crippen LogP contribution in [-0.4, -0.2) is 38.9 Å². The van der Waals surface area contributed by atoms with Crippen LogP contribution in [0.5, 0.6) is 0 Å². The highest BCUT2D eigenvalue weighted by molar-refractivity contribution is 6.04. The first-order valence-corrected chi connectivity index (χ1v) is 6.18. The van der Waals surface area contributed by atoms with E-state index in [9.17, 15) is 14.4 Å². The number of hydrogen-bond donors (Lipinski definition) is 2. The van der Waals surface area contributed by atoms with Gasteiger partial charge in [0.25, 0.3) is 11.8 Å². The van der Waals surface area contributed by atoms with E-state index in [1.807, 2.05) is 0 Å². The molecule has 0 unspecified atom stereocenters. The lowest BCUT2D eigenvalue weighted by Gasteiger charge is -2.06. The Bertz CT molecular complexity index is 725. The van der Waals surface area contributed by atoms with Crippen LogP contribution in [0.1, 0.15) is 21.0 Å². The molecule has 0 aliphatic carbocycles. The van der Waals surface area contributed by atoms with Gasteiger partial charge in [0.05, 0.1) is 0 Å². The summed E-state index contributed by atoms with van der Waals surface area (Å²) in [6.45, 7) is -0.634. The van der Waals surface area contributed by atoms with Gasteiger partial charge in [-0.25, -0.2) is 14.8 Å². The van der Waals surface area contributed by atoms with Crippen molar-refractivity contribution in [1.29, 1.82) is 0 Å². The fraction of sp³-hybridized carbons (Fsp3) is 0.154. The third-order valence-electron chi connectivity index (χ3n) is 2.68. The Labute approximate surface area is 125 Å². The van der Waals surface area contributed by atoms with E-state index in [4.69, 9.17) is 10.5 Å². The molecule has 0 bridgehead atoms. The van der Waals surface area contributed by atoms with Crippen molar-refractivity contribution in [3.05, 3.63) is 42.1 Å². The summed E-state index contributed by atoms with van der Waals surface area (Å²) in [6, 6.07) is 3.21. The highest BCUT2D eigenvalue weighted by Gasteiger charge is 2.17. The van der Waals surface area contributed by atoms with Gasteiger partial charge in [-0.3, -0.25) is 14.9 Å². The van der Waals surface area contributed by atoms with Gasteiger partial charge in [-0.15, -0.1) is 0 Å². The van der Waals surface area contributed by atoms with E-state index < -0.39 is 24.4 Å². The molecular weight excluding hydrogens is 290 g/mol. The quantitative estimate of drug-likeness (QED) is 0.729. The third-order valence-corrected chi connectivity index (χ3v) is 2.68. The Morgan fingerprint density at radius 3 is 2.68 bits per heavy atom. The molecule has 0 aliphatic heterocycles. The minimum absolute atomic E-state index is 0.104. The van der Waals surface area contributed by atoms with Crippen LogP contribution in [0.25, 0.3) is 0 Å². The van der Waals surface area contributed by atoms with Crippen molar-refractivity contribution in [3.8, 4) is 0 Å². The number of amides is 2. The number of anilines is 1. The number of nitrogens with one attached hydrogen (secondary N) is 1. The van der Waals surface area contributed by atoms with Gasteiger partial charge in [0.2, 0.25) is 0 Å². The minimum atomic E-state index is -0.896. The van der Waals surface area contributed by atoms with Gasteiger partial charge < -0.3 is 15.0 Å². The average Bonchev–Trinajstić information content (AvgIpc) is 2.91. The predicted octanol–water partition coefficient (Wildman–Crippen LogP) is -0.489. The van der Waals surface area contributed by atoms with Gasteiger partial charge >= 0.3 is 5.97 Å². The second-order valence-corrected chi connectivity index (χ2v) is 4.25. The van der Waals surface area contributed by atoms with Gasteiger partial charge in [-0.2, -0.15) is 0 Å². The maximum Gasteiger partial charge on any atom is 0.361 e. The number of esters is 1. The molecule has 2 amide bonds. The van der Waals surface area contributed by atoms with Crippen LogP contribution in [0.15, 0.2) is 30.7 Å². The van der Waals surface area contributed by atoms with E-state index in [-0.39, 0.29) is 11.5 Å². The van der Waals surface area contributed by atoms with Gasteiger partial charge in [0.1, 0.15) is 5.69 Å². The average molecular weight is 303 g/mol. The smallest absolute Gasteiger partial charge is 0.361 e. The lowest BCUT2D eigenvalue weighted by Crippen LogP contribution is -2.35. The lowest BCUT2D eigenvalue weighted by molar-refractivity contribution is -0.123. The molecule has 9 heteroatoms. The van der Waals surface area contributed by atoms with E-state index in [1.165, 1.54) is 12.4 Å². The number of ether oxygens (including phenoxy) is 1. The molecule has 2 rings (SSSR count). The molecule has 0 fully saturated rings. The number of nitrogen functional groups attached to an aromatic ring is 1. The van der Waals surface area contributed by atoms with Crippen molar-refractivity contribution in [2.75, 3.05) is 12.3 Å². The number of imide groups is 1. The molecule has 22 heavy (non-hydrogen) atoms. The molecule has 0 radical (unpaired) electrons. The number of hydrogen-bond acceptors (Lipinski definition) is 7. The predicted molar refractivity (Wildman–Crippen MR) is 74.6 cm³/mol. The van der Waals surface area contributed by atoms with E-state index in [0.29, 0.717) is 5.69 Å². The molecule has 3 N–H and O–H groups in total. The molecule has 0 saturated heterocycles. The lowest BCUT2D eigenvalue weighted by atomic mass is 10.4. The summed E-state index contributed by atoms with van der Waals surface area (Å²) >= 11 is 0. The fourth-order valence-electron chi connectivity index (χ4n) is 1.63. The van der Waals surface area contributed by atoms with Crippen LogP contribution in [0.4, 0.5) is 5.82 Å². The van der Waals surface area contributed by atoms with E-state index >= 15 is 0 Å². The van der Waals surface area contributed by atoms with Crippen molar-refractivity contribution in [1.82, 2.24) is 19.9 Å². The van der Waals surface area contributed by atoms with Crippen LogP contribution < -0.4 is 11.1 Å². The topological polar surface area (TPSA) is 129 Å². The maximum absolute atomic E-state index is 11.8. The molecule has 9 nitrogen and oxygen atoms in total. The number of nitrogens with two attached hydrogens (primary N) is 1. The van der Waals surface area contributed by atoms with Crippen molar-refractivity contribution in [2.24, 2.45) is 7.05 Å². The molecular formula is C13H13N5O4. The standard InChI is InChI=1S/C13H13N5O4/c1-18-6-2-3-8(18)12(20)17-9(19)7-22-13(21)10-11(14)16-5-4-15-10/h2-6H,7H2,1H3,(H2,14,16)(H,17,19,20). The summed E-state index contributed by atoms with van der Waals surface area (Å²) in [6.07, 6.45) is 4.25. The number of rotatable bonds is 4. The summed E-state index contributed by atoms with van der Waals surface area (Å²) in [4.78, 5) is 42.4. The summed E-state index contributed by atoms with van der Waals surface area (Å²) in [5.41, 5.74) is 5.57. The number of carbonyl (C=O) groups excluding carboxylic acids is 3. The summed E-state index contributed by atoms with van der Waals surface area (Å²) in [5.74, 6) is -2.35. The van der Waals surface area contributed by atoms with Crippen molar-refractivity contribution in [3.63, 3.8) is 0 Å². The SMILES string of the molecule is Cn1cccc1C(=O)NC(=O)COC(=O)c1nccnc1N. The first kappa shape index (κ1) is 15.2. The zero-order valence-corrected chi connectivity index (χ0v) is 11.6. The normalized spacial score (nSPS) is 10.0. The molecule has 2 heterocycles. The Balaban J connectivity index is 1.88. The first-order chi connectivity index (χ1) is 10.5. The number of carbonyl (C=O) groups is 3. The zero-order valence-electron chi connectivity index (χ0n) is 11.6. The molecule has 0 saturated carbocycles. The molecule has 0 spiro atoms. The fourth-order valence-corrected chi connectivity index (χ4v) is 1.63. The van der Waals surface area contributed by atoms with Crippen LogP contribution >= 0.6 is 0 Å². The molecule has 0 aromatic carbocycles. The molecule has 0 aliphatic rings. The first-order valence-electron chi connectivity index (χ1n) is 6.18. The van der Waals surface area contributed by atoms with Gasteiger partial charge in [0, 0.05) is 25.6 Å².